The fourth-order valence-electron chi connectivity index (χ4n) is 11.1. The smallest absolute Gasteiger partial charge is 0.220 e. The van der Waals surface area contributed by atoms with Gasteiger partial charge in [0, 0.05) is 6.42 Å². The molecule has 1 amide bonds. The van der Waals surface area contributed by atoms with Crippen molar-refractivity contribution >= 4 is 5.91 Å². The van der Waals surface area contributed by atoms with E-state index >= 15 is 0 Å². The number of allylic oxidation sites excluding steroid dienone is 13. The summed E-state index contributed by atoms with van der Waals surface area (Å²) < 4.78 is 34.3. The molecule has 3 fully saturated rings. The van der Waals surface area contributed by atoms with Crippen molar-refractivity contribution in [3.63, 3.8) is 0 Å². The molecule has 0 aromatic rings. The van der Waals surface area contributed by atoms with E-state index in [1.165, 1.54) is 116 Å². The Morgan fingerprint density at radius 2 is 0.787 bits per heavy atom. The molecule has 3 aliphatic heterocycles. The zero-order chi connectivity index (χ0) is 64.7. The van der Waals surface area contributed by atoms with Gasteiger partial charge in [-0.1, -0.05) is 221 Å². The molecular weight excluding hydrogens is 1140 g/mol. The van der Waals surface area contributed by atoms with E-state index in [1.807, 2.05) is 6.08 Å². The summed E-state index contributed by atoms with van der Waals surface area (Å²) in [6.45, 7) is 1.57. The van der Waals surface area contributed by atoms with Crippen LogP contribution in [0.25, 0.3) is 0 Å². The Kier molecular flexibility index (Phi) is 46.3. The second kappa shape index (κ2) is 51.4. The average Bonchev–Trinajstić information content (AvgIpc) is 1.92. The summed E-state index contributed by atoms with van der Waals surface area (Å²) in [7, 11) is 0. The van der Waals surface area contributed by atoms with Gasteiger partial charge in [0.25, 0.3) is 0 Å². The fraction of sp³-hybridized carbons (Fsp3) is 0.786. The van der Waals surface area contributed by atoms with Crippen LogP contribution in [0.3, 0.4) is 0 Å². The first-order chi connectivity index (χ1) is 43.3. The number of carbonyl (C=O) groups excluding carboxylic acids is 1. The quantitative estimate of drug-likeness (QED) is 0.0200. The normalized spacial score (nSPS) is 28.8. The highest BCUT2D eigenvalue weighted by Crippen LogP contribution is 2.33. The molecule has 0 bridgehead atoms. The lowest BCUT2D eigenvalue weighted by Gasteiger charge is -2.48. The summed E-state index contributed by atoms with van der Waals surface area (Å²) in [5, 5.41) is 120. The molecule has 3 rings (SSSR count). The lowest BCUT2D eigenvalue weighted by molar-refractivity contribution is -0.379. The fourth-order valence-corrected chi connectivity index (χ4v) is 11.1. The highest BCUT2D eigenvalue weighted by Gasteiger charge is 2.53. The van der Waals surface area contributed by atoms with Crippen molar-refractivity contribution in [1.29, 1.82) is 0 Å². The third-order valence-corrected chi connectivity index (χ3v) is 16.7. The van der Waals surface area contributed by atoms with Crippen LogP contribution in [0.15, 0.2) is 85.1 Å². The van der Waals surface area contributed by atoms with Gasteiger partial charge >= 0.3 is 0 Å². The Labute approximate surface area is 533 Å². The molecule has 0 spiro atoms. The molecule has 0 aromatic heterocycles. The van der Waals surface area contributed by atoms with Crippen LogP contribution >= 0.6 is 0 Å². The van der Waals surface area contributed by atoms with Gasteiger partial charge in [0.1, 0.15) is 73.2 Å². The minimum Gasteiger partial charge on any atom is -0.394 e. The maximum absolute atomic E-state index is 13.4. The highest BCUT2D eigenvalue weighted by atomic mass is 16.8. The third kappa shape index (κ3) is 33.6. The van der Waals surface area contributed by atoms with Gasteiger partial charge in [-0.15, -0.1) is 0 Å². The number of rotatable bonds is 51. The highest BCUT2D eigenvalue weighted by molar-refractivity contribution is 5.76. The van der Waals surface area contributed by atoms with E-state index in [1.54, 1.807) is 6.08 Å². The molecule has 3 aliphatic rings. The second-order valence-corrected chi connectivity index (χ2v) is 24.2. The molecular formula is C70H121NO18. The Hall–Kier alpha value is -3.03. The van der Waals surface area contributed by atoms with Crippen molar-refractivity contribution in [2.75, 3.05) is 26.4 Å². The number of amides is 1. The lowest BCUT2D eigenvalue weighted by atomic mass is 9.96. The van der Waals surface area contributed by atoms with Gasteiger partial charge in [0.2, 0.25) is 5.91 Å². The van der Waals surface area contributed by atoms with Gasteiger partial charge in [0.15, 0.2) is 18.9 Å². The molecule has 19 nitrogen and oxygen atoms in total. The van der Waals surface area contributed by atoms with E-state index in [4.69, 9.17) is 28.4 Å². The molecule has 12 N–H and O–H groups in total. The zero-order valence-corrected chi connectivity index (χ0v) is 54.1. The summed E-state index contributed by atoms with van der Waals surface area (Å²) >= 11 is 0. The van der Waals surface area contributed by atoms with Crippen molar-refractivity contribution in [3.8, 4) is 0 Å². The Balaban J connectivity index is 1.38. The van der Waals surface area contributed by atoms with Crippen LogP contribution in [0.4, 0.5) is 0 Å². The van der Waals surface area contributed by atoms with Crippen molar-refractivity contribution in [2.24, 2.45) is 0 Å². The number of carbonyl (C=O) groups is 1. The molecule has 3 heterocycles. The number of nitrogens with one attached hydrogen (secondary N) is 1. The predicted octanol–water partition coefficient (Wildman–Crippen LogP) is 8.71. The van der Waals surface area contributed by atoms with E-state index < -0.39 is 124 Å². The van der Waals surface area contributed by atoms with E-state index in [2.05, 4.69) is 92.1 Å². The second-order valence-electron chi connectivity index (χ2n) is 24.2. The van der Waals surface area contributed by atoms with Crippen molar-refractivity contribution in [1.82, 2.24) is 5.32 Å². The summed E-state index contributed by atoms with van der Waals surface area (Å²) in [4.78, 5) is 13.4. The third-order valence-electron chi connectivity index (χ3n) is 16.7. The van der Waals surface area contributed by atoms with Gasteiger partial charge in [-0.05, 0) is 77.0 Å². The van der Waals surface area contributed by atoms with E-state index in [0.717, 1.165) is 70.6 Å². The van der Waals surface area contributed by atoms with Gasteiger partial charge in [-0.3, -0.25) is 4.79 Å². The first-order valence-electron chi connectivity index (χ1n) is 34.3. The minimum atomic E-state index is -1.98. The van der Waals surface area contributed by atoms with Crippen LogP contribution in [-0.4, -0.2) is 193 Å². The minimum absolute atomic E-state index is 0.231. The lowest BCUT2D eigenvalue weighted by Crippen LogP contribution is -2.66. The topological polar surface area (TPSA) is 307 Å². The van der Waals surface area contributed by atoms with Crippen molar-refractivity contribution in [3.05, 3.63) is 85.1 Å². The van der Waals surface area contributed by atoms with E-state index in [0.29, 0.717) is 12.8 Å². The summed E-state index contributed by atoms with van der Waals surface area (Å²) in [6.07, 6.45) is 38.6. The molecule has 17 unspecified atom stereocenters. The zero-order valence-electron chi connectivity index (χ0n) is 54.1. The van der Waals surface area contributed by atoms with E-state index in [-0.39, 0.29) is 18.9 Å². The number of aliphatic hydroxyl groups is 11. The van der Waals surface area contributed by atoms with Crippen LogP contribution in [0, 0.1) is 0 Å². The van der Waals surface area contributed by atoms with Crippen molar-refractivity contribution < 1.29 is 89.4 Å². The molecule has 0 aliphatic carbocycles. The SMILES string of the molecule is CC/C=C\C/C=C\C/C=C\C/C=C\C/C=C\CCCCCCCCCCCCCCCCCC(=O)NC(COC1OC(CO)C(OC2OC(CO)C(OC3OC(CO)C(O)C(O)C3O)C(O)C2O)C(O)C1O)C(O)/C=C/CC/C=C/CCCCCCCCC. The molecule has 19 heteroatoms. The number of hydrogen-bond donors (Lipinski definition) is 12. The first-order valence-corrected chi connectivity index (χ1v) is 34.3. The van der Waals surface area contributed by atoms with Crippen LogP contribution in [0.1, 0.15) is 219 Å². The molecule has 514 valence electrons. The van der Waals surface area contributed by atoms with Crippen LogP contribution in [0.2, 0.25) is 0 Å². The summed E-state index contributed by atoms with van der Waals surface area (Å²) in [5.41, 5.74) is 0. The first kappa shape index (κ1) is 80.2. The van der Waals surface area contributed by atoms with Crippen LogP contribution < -0.4 is 5.32 Å². The van der Waals surface area contributed by atoms with Crippen LogP contribution in [0.5, 0.6) is 0 Å². The molecule has 89 heavy (non-hydrogen) atoms. The average molecular weight is 1260 g/mol. The van der Waals surface area contributed by atoms with Gasteiger partial charge < -0.3 is 89.9 Å². The monoisotopic (exact) mass is 1260 g/mol. The summed E-state index contributed by atoms with van der Waals surface area (Å²) in [5.74, 6) is -0.289. The van der Waals surface area contributed by atoms with Gasteiger partial charge in [-0.2, -0.15) is 0 Å². The predicted molar refractivity (Wildman–Crippen MR) is 346 cm³/mol. The van der Waals surface area contributed by atoms with Crippen molar-refractivity contribution in [2.45, 2.75) is 324 Å². The largest absolute Gasteiger partial charge is 0.394 e. The Morgan fingerprint density at radius 3 is 1.26 bits per heavy atom. The molecule has 0 saturated carbocycles. The van der Waals surface area contributed by atoms with E-state index in [9.17, 15) is 61.0 Å². The molecule has 17 atom stereocenters. The van der Waals surface area contributed by atoms with Crippen LogP contribution in [-0.2, 0) is 33.2 Å². The number of aliphatic hydroxyl groups excluding tert-OH is 11. The molecule has 3 saturated heterocycles. The van der Waals surface area contributed by atoms with Gasteiger partial charge in [0.05, 0.1) is 38.6 Å². The Bertz CT molecular complexity index is 1940. The number of unbranched alkanes of at least 4 members (excludes halogenated alkanes) is 23. The number of ether oxygens (including phenoxy) is 6. The maximum Gasteiger partial charge on any atom is 0.220 e. The molecule has 0 radical (unpaired) electrons. The summed E-state index contributed by atoms with van der Waals surface area (Å²) in [6, 6.07) is -0.993. The standard InChI is InChI=1S/C70H121NO18/c1-3-5-7-9-11-13-15-17-18-19-20-21-22-23-24-25-26-27-28-29-30-31-32-33-34-36-38-40-42-44-46-48-58(76)71-53(54(75)47-45-43-41-39-37-35-16-14-12-10-8-6-4-2)52-84-68-64(82)61(79)66(56(50-73)86-68)89-70-65(83)62(80)67(57(51-74)87-70)88-69-63(81)60(78)59(77)55(49-72)85-69/h5,7,11,13,17-18,20-21,23-24,37,39,45,47,53-57,59-70,72-75,77-83H,3-4,6,8-10,12,14-16,19,22,25-36,38,40-44,46,48-52H2,1-2H3,(H,71,76)/b7-5-,13-11-,18-17-,21-20-,24-23-,39-37+,47-45+. The molecule has 0 aromatic carbocycles. The van der Waals surface area contributed by atoms with Gasteiger partial charge in [-0.25, -0.2) is 0 Å². The number of hydrogen-bond acceptors (Lipinski definition) is 18. The Morgan fingerprint density at radius 1 is 0.416 bits per heavy atom. The maximum atomic E-state index is 13.4.